The molecular formula is C20H28N4. The van der Waals surface area contributed by atoms with E-state index in [2.05, 4.69) is 46.2 Å². The summed E-state index contributed by atoms with van der Waals surface area (Å²) in [4.78, 5) is 9.54. The molecule has 2 heterocycles. The number of pyridine rings is 1. The molecule has 4 heteroatoms. The van der Waals surface area contributed by atoms with Crippen LogP contribution >= 0.6 is 0 Å². The second-order valence-corrected chi connectivity index (χ2v) is 7.35. The maximum Gasteiger partial charge on any atom is 0.0452 e. The number of anilines is 1. The van der Waals surface area contributed by atoms with E-state index < -0.39 is 0 Å². The van der Waals surface area contributed by atoms with Crippen LogP contribution in [0.1, 0.15) is 31.2 Å². The average Bonchev–Trinajstić information content (AvgIpc) is 2.63. The van der Waals surface area contributed by atoms with Crippen LogP contribution in [0, 0.1) is 0 Å². The predicted octanol–water partition coefficient (Wildman–Crippen LogP) is 2.80. The fourth-order valence-electron chi connectivity index (χ4n) is 4.65. The first kappa shape index (κ1) is 15.9. The Morgan fingerprint density at radius 2 is 2.04 bits per heavy atom. The highest BCUT2D eigenvalue weighted by Crippen LogP contribution is 2.37. The molecular weight excluding hydrogens is 296 g/mol. The zero-order valence-electron chi connectivity index (χ0n) is 14.6. The van der Waals surface area contributed by atoms with E-state index >= 15 is 0 Å². The van der Waals surface area contributed by atoms with Gasteiger partial charge in [-0.3, -0.25) is 4.98 Å². The molecule has 0 amide bonds. The van der Waals surface area contributed by atoms with Crippen molar-refractivity contribution in [3.8, 4) is 0 Å². The summed E-state index contributed by atoms with van der Waals surface area (Å²) in [5.41, 5.74) is 8.55. The van der Waals surface area contributed by atoms with Crippen LogP contribution in [0.4, 0.5) is 5.69 Å². The van der Waals surface area contributed by atoms with Crippen molar-refractivity contribution >= 4 is 16.5 Å². The number of aromatic nitrogens is 1. The van der Waals surface area contributed by atoms with Crippen LogP contribution in [0.15, 0.2) is 30.6 Å². The molecule has 0 spiro atoms. The molecule has 1 saturated carbocycles. The molecule has 1 aliphatic carbocycles. The summed E-state index contributed by atoms with van der Waals surface area (Å²) in [5.74, 6) is 0. The third-order valence-corrected chi connectivity index (χ3v) is 5.98. The zero-order valence-corrected chi connectivity index (χ0v) is 14.6. The number of benzene rings is 1. The van der Waals surface area contributed by atoms with Crippen LogP contribution < -0.4 is 10.6 Å². The molecule has 2 N–H and O–H groups in total. The van der Waals surface area contributed by atoms with Crippen molar-refractivity contribution in [2.75, 3.05) is 31.6 Å². The molecule has 0 bridgehead atoms. The third kappa shape index (κ3) is 2.78. The lowest BCUT2D eigenvalue weighted by Crippen LogP contribution is -2.45. The van der Waals surface area contributed by atoms with Crippen LogP contribution in [0.5, 0.6) is 0 Å². The average molecular weight is 324 g/mol. The lowest BCUT2D eigenvalue weighted by atomic mass is 9.87. The highest BCUT2D eigenvalue weighted by atomic mass is 15.2. The molecule has 4 rings (SSSR count). The molecule has 1 aliphatic heterocycles. The highest BCUT2D eigenvalue weighted by molar-refractivity contribution is 5.97. The fourth-order valence-corrected chi connectivity index (χ4v) is 4.65. The number of likely N-dealkylation sites (N-methyl/N-ethyl adjacent to an activating group) is 1. The van der Waals surface area contributed by atoms with Gasteiger partial charge in [0.1, 0.15) is 0 Å². The van der Waals surface area contributed by atoms with Gasteiger partial charge in [-0.05, 0) is 50.8 Å². The van der Waals surface area contributed by atoms with E-state index in [1.807, 2.05) is 6.20 Å². The Morgan fingerprint density at radius 3 is 2.83 bits per heavy atom. The van der Waals surface area contributed by atoms with Crippen LogP contribution in [0.2, 0.25) is 0 Å². The minimum atomic E-state index is 0.680. The summed E-state index contributed by atoms with van der Waals surface area (Å²) in [6.07, 6.45) is 10.3. The van der Waals surface area contributed by atoms with Crippen molar-refractivity contribution in [3.05, 3.63) is 36.2 Å². The second kappa shape index (κ2) is 6.69. The molecule has 24 heavy (non-hydrogen) atoms. The molecule has 2 aromatic rings. The normalized spacial score (nSPS) is 23.9. The monoisotopic (exact) mass is 324 g/mol. The van der Waals surface area contributed by atoms with Crippen molar-refractivity contribution in [2.45, 2.75) is 44.2 Å². The molecule has 0 saturated heterocycles. The molecule has 1 aromatic heterocycles. The van der Waals surface area contributed by atoms with Gasteiger partial charge >= 0.3 is 0 Å². The minimum Gasteiger partial charge on any atom is -0.368 e. The molecule has 128 valence electrons. The molecule has 4 nitrogen and oxygen atoms in total. The van der Waals surface area contributed by atoms with Crippen LogP contribution in [-0.2, 0) is 6.42 Å². The van der Waals surface area contributed by atoms with Crippen LogP contribution in [0.25, 0.3) is 10.8 Å². The van der Waals surface area contributed by atoms with Crippen molar-refractivity contribution < 1.29 is 0 Å². The van der Waals surface area contributed by atoms with Gasteiger partial charge in [0.15, 0.2) is 0 Å². The molecule has 1 aromatic carbocycles. The Labute approximate surface area is 144 Å². The van der Waals surface area contributed by atoms with Gasteiger partial charge in [-0.1, -0.05) is 12.1 Å². The number of rotatable bonds is 4. The van der Waals surface area contributed by atoms with Crippen molar-refractivity contribution in [3.63, 3.8) is 0 Å². The van der Waals surface area contributed by atoms with Gasteiger partial charge in [0, 0.05) is 60.6 Å². The first-order valence-corrected chi connectivity index (χ1v) is 9.30. The smallest absolute Gasteiger partial charge is 0.0452 e. The van der Waals surface area contributed by atoms with E-state index in [1.54, 1.807) is 0 Å². The number of hydrogen-bond donors (Lipinski definition) is 1. The number of hydrogen-bond acceptors (Lipinski definition) is 4. The molecule has 0 radical (unpaired) electrons. The zero-order chi connectivity index (χ0) is 16.5. The Kier molecular flexibility index (Phi) is 4.42. The lowest BCUT2D eigenvalue weighted by Gasteiger charge is -2.42. The number of nitrogens with two attached hydrogens (primary N) is 1. The Balaban J connectivity index is 1.54. The summed E-state index contributed by atoms with van der Waals surface area (Å²) < 4.78 is 0. The Bertz CT molecular complexity index is 701. The van der Waals surface area contributed by atoms with Crippen LogP contribution in [0.3, 0.4) is 0 Å². The van der Waals surface area contributed by atoms with E-state index in [4.69, 9.17) is 5.73 Å². The van der Waals surface area contributed by atoms with E-state index in [0.717, 1.165) is 26.1 Å². The van der Waals surface area contributed by atoms with E-state index in [9.17, 15) is 0 Å². The van der Waals surface area contributed by atoms with Crippen molar-refractivity contribution in [1.82, 2.24) is 9.88 Å². The molecule has 1 fully saturated rings. The van der Waals surface area contributed by atoms with Gasteiger partial charge in [-0.15, -0.1) is 0 Å². The van der Waals surface area contributed by atoms with E-state index in [1.165, 1.54) is 47.7 Å². The molecule has 0 atom stereocenters. The maximum atomic E-state index is 5.71. The highest BCUT2D eigenvalue weighted by Gasteiger charge is 2.30. The van der Waals surface area contributed by atoms with Crippen molar-refractivity contribution in [1.29, 1.82) is 0 Å². The van der Waals surface area contributed by atoms with Gasteiger partial charge in [0.05, 0.1) is 0 Å². The number of nitrogens with zero attached hydrogens (tertiary/aromatic N) is 3. The van der Waals surface area contributed by atoms with Gasteiger partial charge in [-0.25, -0.2) is 0 Å². The maximum absolute atomic E-state index is 5.71. The minimum absolute atomic E-state index is 0.680. The van der Waals surface area contributed by atoms with Gasteiger partial charge in [-0.2, -0.15) is 0 Å². The third-order valence-electron chi connectivity index (χ3n) is 5.98. The van der Waals surface area contributed by atoms with Crippen molar-refractivity contribution in [2.24, 2.45) is 5.73 Å². The largest absolute Gasteiger partial charge is 0.368 e. The summed E-state index contributed by atoms with van der Waals surface area (Å²) in [5, 5.41) is 2.71. The molecule has 0 unspecified atom stereocenters. The first-order valence-electron chi connectivity index (χ1n) is 9.30. The standard InChI is InChI=1S/C20H28N4/c1-23(12-10-21)17-5-7-18(8-6-17)24-11-9-16-14-22-13-15-3-2-4-19(24)20(15)16/h2-4,13-14,17-18H,5-12,21H2,1H3. The SMILES string of the molecule is CN(CCN)C1CCC(N2CCc3cncc4cccc2c34)CC1. The summed E-state index contributed by atoms with van der Waals surface area (Å²) in [7, 11) is 2.22. The van der Waals surface area contributed by atoms with Crippen LogP contribution in [-0.4, -0.2) is 48.6 Å². The van der Waals surface area contributed by atoms with Gasteiger partial charge in [0.2, 0.25) is 0 Å². The fraction of sp³-hybridized carbons (Fsp3) is 0.550. The Hall–Kier alpha value is -1.65. The van der Waals surface area contributed by atoms with Gasteiger partial charge < -0.3 is 15.5 Å². The lowest BCUT2D eigenvalue weighted by molar-refractivity contribution is 0.185. The van der Waals surface area contributed by atoms with E-state index in [-0.39, 0.29) is 0 Å². The summed E-state index contributed by atoms with van der Waals surface area (Å²) in [6, 6.07) is 8.07. The van der Waals surface area contributed by atoms with Gasteiger partial charge in [0.25, 0.3) is 0 Å². The topological polar surface area (TPSA) is 45.4 Å². The quantitative estimate of drug-likeness (QED) is 0.939. The first-order chi connectivity index (χ1) is 11.8. The molecule has 2 aliphatic rings. The second-order valence-electron chi connectivity index (χ2n) is 7.35. The predicted molar refractivity (Wildman–Crippen MR) is 101 cm³/mol. The van der Waals surface area contributed by atoms with E-state index in [0.29, 0.717) is 12.1 Å². The summed E-state index contributed by atoms with van der Waals surface area (Å²) >= 11 is 0. The Morgan fingerprint density at radius 1 is 1.21 bits per heavy atom. The summed E-state index contributed by atoms with van der Waals surface area (Å²) in [6.45, 7) is 2.90.